The fourth-order valence-electron chi connectivity index (χ4n) is 2.44. The number of rotatable bonds is 5. The summed E-state index contributed by atoms with van der Waals surface area (Å²) in [5.74, 6) is -0.327. The van der Waals surface area contributed by atoms with E-state index in [0.717, 1.165) is 20.2 Å². The van der Waals surface area contributed by atoms with Gasteiger partial charge < -0.3 is 10.1 Å². The first-order chi connectivity index (χ1) is 13.0. The number of amides is 3. The van der Waals surface area contributed by atoms with E-state index in [2.05, 4.69) is 27.9 Å². The number of imide groups is 1. The molecule has 8 heteroatoms. The molecule has 1 saturated heterocycles. The molecule has 138 valence electrons. The van der Waals surface area contributed by atoms with Crippen LogP contribution in [0.2, 0.25) is 0 Å². The first kappa shape index (κ1) is 19.4. The van der Waals surface area contributed by atoms with E-state index in [-0.39, 0.29) is 11.4 Å². The van der Waals surface area contributed by atoms with E-state index < -0.39 is 17.1 Å². The molecule has 27 heavy (non-hydrogen) atoms. The van der Waals surface area contributed by atoms with Gasteiger partial charge in [-0.2, -0.15) is 0 Å². The highest BCUT2D eigenvalue weighted by molar-refractivity contribution is 14.1. The predicted molar refractivity (Wildman–Crippen MR) is 113 cm³/mol. The van der Waals surface area contributed by atoms with Gasteiger partial charge in [0.2, 0.25) is 5.91 Å². The summed E-state index contributed by atoms with van der Waals surface area (Å²) in [5.41, 5.74) is 1.30. The van der Waals surface area contributed by atoms with Crippen molar-refractivity contribution in [3.05, 3.63) is 62.6 Å². The SMILES string of the molecule is COc1ccccc1/C=C1\SC(=O)N(CC(=O)Nc2ccc(I)cc2)C1=O. The van der Waals surface area contributed by atoms with Gasteiger partial charge in [0.15, 0.2) is 0 Å². The van der Waals surface area contributed by atoms with Crippen LogP contribution in [0.3, 0.4) is 0 Å². The molecular formula is C19H15IN2O4S. The number of anilines is 1. The summed E-state index contributed by atoms with van der Waals surface area (Å²) >= 11 is 2.97. The van der Waals surface area contributed by atoms with Gasteiger partial charge in [-0.1, -0.05) is 18.2 Å². The molecule has 0 bridgehead atoms. The number of hydrogen-bond acceptors (Lipinski definition) is 5. The van der Waals surface area contributed by atoms with Crippen LogP contribution < -0.4 is 10.1 Å². The molecule has 1 fully saturated rings. The third-order valence-electron chi connectivity index (χ3n) is 3.73. The first-order valence-electron chi connectivity index (χ1n) is 7.92. The summed E-state index contributed by atoms with van der Waals surface area (Å²) in [5, 5.41) is 2.21. The molecule has 0 radical (unpaired) electrons. The number of para-hydroxylation sites is 1. The lowest BCUT2D eigenvalue weighted by Crippen LogP contribution is -2.36. The Morgan fingerprint density at radius 3 is 2.59 bits per heavy atom. The van der Waals surface area contributed by atoms with Crippen LogP contribution in [-0.4, -0.2) is 35.6 Å². The summed E-state index contributed by atoms with van der Waals surface area (Å²) in [6.07, 6.45) is 1.60. The Morgan fingerprint density at radius 1 is 1.19 bits per heavy atom. The number of carbonyl (C=O) groups excluding carboxylic acids is 3. The minimum atomic E-state index is -0.492. The van der Waals surface area contributed by atoms with Crippen molar-refractivity contribution < 1.29 is 19.1 Å². The molecule has 1 aliphatic rings. The number of thioether (sulfide) groups is 1. The molecule has 0 atom stereocenters. The van der Waals surface area contributed by atoms with Crippen molar-refractivity contribution in [2.24, 2.45) is 0 Å². The Hall–Kier alpha value is -2.33. The monoisotopic (exact) mass is 494 g/mol. The van der Waals surface area contributed by atoms with Crippen LogP contribution in [-0.2, 0) is 9.59 Å². The zero-order valence-corrected chi connectivity index (χ0v) is 17.2. The number of benzene rings is 2. The molecule has 3 amide bonds. The van der Waals surface area contributed by atoms with Crippen molar-refractivity contribution in [2.75, 3.05) is 19.0 Å². The van der Waals surface area contributed by atoms with E-state index in [1.54, 1.807) is 30.3 Å². The van der Waals surface area contributed by atoms with Gasteiger partial charge in [0.05, 0.1) is 12.0 Å². The predicted octanol–water partition coefficient (Wildman–Crippen LogP) is 3.97. The zero-order valence-electron chi connectivity index (χ0n) is 14.3. The lowest BCUT2D eigenvalue weighted by Gasteiger charge is -2.12. The van der Waals surface area contributed by atoms with E-state index >= 15 is 0 Å². The van der Waals surface area contributed by atoms with Gasteiger partial charge >= 0.3 is 0 Å². The molecule has 3 rings (SSSR count). The maximum Gasteiger partial charge on any atom is 0.294 e. The third-order valence-corrected chi connectivity index (χ3v) is 5.36. The number of carbonyl (C=O) groups is 3. The maximum absolute atomic E-state index is 12.5. The average molecular weight is 494 g/mol. The summed E-state index contributed by atoms with van der Waals surface area (Å²) in [7, 11) is 1.54. The van der Waals surface area contributed by atoms with E-state index in [4.69, 9.17) is 4.74 Å². The highest BCUT2D eigenvalue weighted by atomic mass is 127. The van der Waals surface area contributed by atoms with Crippen LogP contribution in [0.4, 0.5) is 10.5 Å². The molecule has 2 aromatic carbocycles. The summed E-state index contributed by atoms with van der Waals surface area (Å²) < 4.78 is 6.30. The van der Waals surface area contributed by atoms with Crippen LogP contribution in [0.25, 0.3) is 6.08 Å². The van der Waals surface area contributed by atoms with Crippen LogP contribution in [0.5, 0.6) is 5.75 Å². The Morgan fingerprint density at radius 2 is 1.89 bits per heavy atom. The van der Waals surface area contributed by atoms with Crippen LogP contribution in [0, 0.1) is 3.57 Å². The van der Waals surface area contributed by atoms with Crippen LogP contribution >= 0.6 is 34.4 Å². The molecule has 1 heterocycles. The smallest absolute Gasteiger partial charge is 0.294 e. The number of ether oxygens (including phenoxy) is 1. The molecule has 0 saturated carbocycles. The standard InChI is InChI=1S/C19H15IN2O4S/c1-26-15-5-3-2-4-12(15)10-16-18(24)22(19(25)27-16)11-17(23)21-14-8-6-13(20)7-9-14/h2-10H,11H2,1H3,(H,21,23)/b16-10-. The number of halogens is 1. The molecular weight excluding hydrogens is 479 g/mol. The Kier molecular flexibility index (Phi) is 6.17. The second-order valence-corrected chi connectivity index (χ2v) is 7.80. The fourth-order valence-corrected chi connectivity index (χ4v) is 3.63. The van der Waals surface area contributed by atoms with Crippen molar-refractivity contribution in [1.29, 1.82) is 0 Å². The van der Waals surface area contributed by atoms with Crippen molar-refractivity contribution in [3.63, 3.8) is 0 Å². The molecule has 0 unspecified atom stereocenters. The highest BCUT2D eigenvalue weighted by Gasteiger charge is 2.36. The summed E-state index contributed by atoms with van der Waals surface area (Å²) in [6.45, 7) is -0.333. The Balaban J connectivity index is 1.71. The lowest BCUT2D eigenvalue weighted by atomic mass is 10.2. The van der Waals surface area contributed by atoms with Crippen molar-refractivity contribution in [3.8, 4) is 5.75 Å². The molecule has 1 aliphatic heterocycles. The minimum absolute atomic E-state index is 0.256. The van der Waals surface area contributed by atoms with Crippen molar-refractivity contribution in [1.82, 2.24) is 4.90 Å². The second-order valence-electron chi connectivity index (χ2n) is 5.56. The fraction of sp³-hybridized carbons (Fsp3) is 0.105. The number of methoxy groups -OCH3 is 1. The average Bonchev–Trinajstić information content (AvgIpc) is 2.91. The largest absolute Gasteiger partial charge is 0.496 e. The van der Waals surface area contributed by atoms with Gasteiger partial charge in [0.25, 0.3) is 11.1 Å². The number of hydrogen-bond donors (Lipinski definition) is 1. The molecule has 6 nitrogen and oxygen atoms in total. The van der Waals surface area contributed by atoms with Crippen LogP contribution in [0.15, 0.2) is 53.4 Å². The lowest BCUT2D eigenvalue weighted by molar-refractivity contribution is -0.127. The van der Waals surface area contributed by atoms with E-state index in [1.807, 2.05) is 24.3 Å². The molecule has 2 aromatic rings. The summed E-state index contributed by atoms with van der Waals surface area (Å²) in [6, 6.07) is 14.4. The van der Waals surface area contributed by atoms with Gasteiger partial charge in [0.1, 0.15) is 12.3 Å². The molecule has 0 aromatic heterocycles. The summed E-state index contributed by atoms with van der Waals surface area (Å²) in [4.78, 5) is 38.1. The van der Waals surface area contributed by atoms with Crippen molar-refractivity contribution >= 4 is 63.2 Å². The molecule has 0 spiro atoms. The van der Waals surface area contributed by atoms with Crippen molar-refractivity contribution in [2.45, 2.75) is 0 Å². The Bertz CT molecular complexity index is 928. The second kappa shape index (κ2) is 8.57. The normalized spacial score (nSPS) is 15.3. The van der Waals surface area contributed by atoms with Gasteiger partial charge in [-0.25, -0.2) is 0 Å². The van der Waals surface area contributed by atoms with E-state index in [0.29, 0.717) is 17.0 Å². The number of nitrogens with one attached hydrogen (secondary N) is 1. The quantitative estimate of drug-likeness (QED) is 0.503. The topological polar surface area (TPSA) is 75.7 Å². The van der Waals surface area contributed by atoms with E-state index in [9.17, 15) is 14.4 Å². The van der Waals surface area contributed by atoms with Gasteiger partial charge in [-0.05, 0) is 70.8 Å². The van der Waals surface area contributed by atoms with Crippen LogP contribution in [0.1, 0.15) is 5.56 Å². The highest BCUT2D eigenvalue weighted by Crippen LogP contribution is 2.33. The maximum atomic E-state index is 12.5. The van der Waals surface area contributed by atoms with Gasteiger partial charge in [-0.15, -0.1) is 0 Å². The Labute approximate surface area is 174 Å². The van der Waals surface area contributed by atoms with Gasteiger partial charge in [-0.3, -0.25) is 19.3 Å². The first-order valence-corrected chi connectivity index (χ1v) is 9.81. The van der Waals surface area contributed by atoms with Gasteiger partial charge in [0, 0.05) is 14.8 Å². The number of nitrogens with zero attached hydrogens (tertiary/aromatic N) is 1. The molecule has 0 aliphatic carbocycles. The third kappa shape index (κ3) is 4.69. The minimum Gasteiger partial charge on any atom is -0.496 e. The molecule has 1 N–H and O–H groups in total. The zero-order chi connectivity index (χ0) is 19.4. The van der Waals surface area contributed by atoms with E-state index in [1.165, 1.54) is 7.11 Å².